The van der Waals surface area contributed by atoms with Crippen LogP contribution in [0.2, 0.25) is 0 Å². The lowest BCUT2D eigenvalue weighted by Crippen LogP contribution is -2.34. The van der Waals surface area contributed by atoms with Crippen LogP contribution in [0.25, 0.3) is 10.8 Å². The van der Waals surface area contributed by atoms with Gasteiger partial charge >= 0.3 is 0 Å². The van der Waals surface area contributed by atoms with Crippen molar-refractivity contribution >= 4 is 16.7 Å². The maximum absolute atomic E-state index is 11.6. The number of benzene rings is 2. The molecule has 0 saturated carbocycles. The Hall–Kier alpha value is -2.07. The number of nitrogens with one attached hydrogen (secondary N) is 1. The molecule has 1 amide bonds. The number of carbonyl (C=O) groups is 1. The summed E-state index contributed by atoms with van der Waals surface area (Å²) in [6, 6.07) is 12.0. The van der Waals surface area contributed by atoms with Gasteiger partial charge in [-0.3, -0.25) is 4.79 Å². The lowest BCUT2D eigenvalue weighted by Gasteiger charge is -2.14. The van der Waals surface area contributed by atoms with Gasteiger partial charge in [-0.2, -0.15) is 0 Å². The number of amides is 1. The van der Waals surface area contributed by atoms with Crippen LogP contribution >= 0.6 is 0 Å². The van der Waals surface area contributed by atoms with Gasteiger partial charge in [0.15, 0.2) is 6.61 Å². The molecular formula is C16H20N2O2. The molecule has 106 valence electrons. The van der Waals surface area contributed by atoms with Gasteiger partial charge < -0.3 is 15.8 Å². The number of ether oxygens (including phenoxy) is 1. The minimum Gasteiger partial charge on any atom is -0.483 e. The summed E-state index contributed by atoms with van der Waals surface area (Å²) in [5.41, 5.74) is 6.75. The molecule has 0 aromatic heterocycles. The molecule has 0 aliphatic heterocycles. The van der Waals surface area contributed by atoms with Crippen LogP contribution < -0.4 is 15.8 Å². The molecule has 2 aromatic rings. The first-order chi connectivity index (χ1) is 9.61. The largest absolute Gasteiger partial charge is 0.483 e. The van der Waals surface area contributed by atoms with Crippen molar-refractivity contribution in [3.8, 4) is 5.75 Å². The number of rotatable bonds is 5. The quantitative estimate of drug-likeness (QED) is 0.877. The van der Waals surface area contributed by atoms with E-state index in [1.54, 1.807) is 0 Å². The van der Waals surface area contributed by atoms with Gasteiger partial charge in [-0.05, 0) is 30.7 Å². The molecule has 0 unspecified atom stereocenters. The first-order valence-corrected chi connectivity index (χ1v) is 6.74. The maximum Gasteiger partial charge on any atom is 0.258 e. The van der Waals surface area contributed by atoms with E-state index in [0.29, 0.717) is 12.3 Å². The van der Waals surface area contributed by atoms with Gasteiger partial charge in [-0.25, -0.2) is 0 Å². The molecule has 2 rings (SSSR count). The monoisotopic (exact) mass is 272 g/mol. The molecule has 4 nitrogen and oxygen atoms in total. The van der Waals surface area contributed by atoms with Crippen LogP contribution in [0.5, 0.6) is 5.75 Å². The summed E-state index contributed by atoms with van der Waals surface area (Å²) in [6.45, 7) is 4.21. The number of nitrogens with two attached hydrogens (primary N) is 1. The zero-order valence-electron chi connectivity index (χ0n) is 11.8. The summed E-state index contributed by atoms with van der Waals surface area (Å²) in [7, 11) is 0. The molecule has 0 bridgehead atoms. The maximum atomic E-state index is 11.6. The second-order valence-corrected chi connectivity index (χ2v) is 4.98. The van der Waals surface area contributed by atoms with E-state index in [-0.39, 0.29) is 18.6 Å². The van der Waals surface area contributed by atoms with Crippen LogP contribution in [-0.4, -0.2) is 18.6 Å². The van der Waals surface area contributed by atoms with Crippen LogP contribution in [-0.2, 0) is 11.3 Å². The fourth-order valence-corrected chi connectivity index (χ4v) is 2.17. The molecule has 0 radical (unpaired) electrons. The Kier molecular flexibility index (Phi) is 4.58. The predicted octanol–water partition coefficient (Wildman–Crippen LogP) is 2.20. The highest BCUT2D eigenvalue weighted by Gasteiger charge is 2.09. The van der Waals surface area contributed by atoms with E-state index in [9.17, 15) is 4.79 Å². The molecule has 20 heavy (non-hydrogen) atoms. The van der Waals surface area contributed by atoms with Crippen molar-refractivity contribution < 1.29 is 9.53 Å². The van der Waals surface area contributed by atoms with Crippen LogP contribution in [0.1, 0.15) is 19.4 Å². The molecule has 0 heterocycles. The van der Waals surface area contributed by atoms with Crippen molar-refractivity contribution in [3.63, 3.8) is 0 Å². The van der Waals surface area contributed by atoms with Crippen molar-refractivity contribution in [1.29, 1.82) is 0 Å². The van der Waals surface area contributed by atoms with Gasteiger partial charge in [-0.15, -0.1) is 0 Å². The molecule has 0 aliphatic carbocycles. The van der Waals surface area contributed by atoms with E-state index in [0.717, 1.165) is 16.3 Å². The van der Waals surface area contributed by atoms with E-state index in [1.807, 2.05) is 50.2 Å². The van der Waals surface area contributed by atoms with E-state index in [2.05, 4.69) is 5.32 Å². The van der Waals surface area contributed by atoms with Crippen LogP contribution in [0, 0.1) is 0 Å². The lowest BCUT2D eigenvalue weighted by molar-refractivity contribution is -0.123. The third-order valence-corrected chi connectivity index (χ3v) is 3.01. The van der Waals surface area contributed by atoms with Crippen molar-refractivity contribution in [3.05, 3.63) is 42.0 Å². The van der Waals surface area contributed by atoms with Crippen molar-refractivity contribution in [2.45, 2.75) is 26.4 Å². The Morgan fingerprint density at radius 2 is 2.00 bits per heavy atom. The van der Waals surface area contributed by atoms with Gasteiger partial charge in [0.2, 0.25) is 0 Å². The van der Waals surface area contributed by atoms with Crippen LogP contribution in [0.4, 0.5) is 0 Å². The number of hydrogen-bond donors (Lipinski definition) is 2. The highest BCUT2D eigenvalue weighted by molar-refractivity contribution is 5.88. The van der Waals surface area contributed by atoms with E-state index >= 15 is 0 Å². The topological polar surface area (TPSA) is 64.3 Å². The first kappa shape index (κ1) is 14.3. The van der Waals surface area contributed by atoms with Gasteiger partial charge in [0.25, 0.3) is 5.91 Å². The summed E-state index contributed by atoms with van der Waals surface area (Å²) in [5.74, 6) is 0.543. The Morgan fingerprint density at radius 3 is 2.70 bits per heavy atom. The van der Waals surface area contributed by atoms with Crippen molar-refractivity contribution in [1.82, 2.24) is 5.32 Å². The average Bonchev–Trinajstić information content (AvgIpc) is 2.43. The fraction of sp³-hybridized carbons (Fsp3) is 0.312. The minimum absolute atomic E-state index is 0.00349. The fourth-order valence-electron chi connectivity index (χ4n) is 2.17. The van der Waals surface area contributed by atoms with E-state index in [4.69, 9.17) is 10.5 Å². The summed E-state index contributed by atoms with van der Waals surface area (Å²) in [4.78, 5) is 11.6. The Bertz CT molecular complexity index is 608. The van der Waals surface area contributed by atoms with Gasteiger partial charge in [0.05, 0.1) is 0 Å². The second-order valence-electron chi connectivity index (χ2n) is 4.98. The SMILES string of the molecule is CC(C)NC(=O)COc1ccc2ccccc2c1CN. The molecular weight excluding hydrogens is 252 g/mol. The third kappa shape index (κ3) is 3.27. The highest BCUT2D eigenvalue weighted by atomic mass is 16.5. The highest BCUT2D eigenvalue weighted by Crippen LogP contribution is 2.27. The zero-order valence-corrected chi connectivity index (χ0v) is 11.8. The molecule has 0 fully saturated rings. The summed E-state index contributed by atoms with van der Waals surface area (Å²) < 4.78 is 5.61. The molecule has 0 aliphatic rings. The normalized spacial score (nSPS) is 10.8. The zero-order chi connectivity index (χ0) is 14.5. The second kappa shape index (κ2) is 6.39. The molecule has 3 N–H and O–H groups in total. The van der Waals surface area contributed by atoms with E-state index < -0.39 is 0 Å². The number of carbonyl (C=O) groups excluding carboxylic acids is 1. The molecule has 0 spiro atoms. The molecule has 0 atom stereocenters. The summed E-state index contributed by atoms with van der Waals surface area (Å²) >= 11 is 0. The molecule has 4 heteroatoms. The standard InChI is InChI=1S/C16H20N2O2/c1-11(2)18-16(19)10-20-15-8-7-12-5-3-4-6-13(12)14(15)9-17/h3-8,11H,9-10,17H2,1-2H3,(H,18,19). The average molecular weight is 272 g/mol. The van der Waals surface area contributed by atoms with Crippen LogP contribution in [0.3, 0.4) is 0 Å². The predicted molar refractivity (Wildman–Crippen MR) is 80.6 cm³/mol. The van der Waals surface area contributed by atoms with Crippen LogP contribution in [0.15, 0.2) is 36.4 Å². The minimum atomic E-state index is -0.129. The number of hydrogen-bond acceptors (Lipinski definition) is 3. The van der Waals surface area contributed by atoms with Gasteiger partial charge in [0.1, 0.15) is 5.75 Å². The van der Waals surface area contributed by atoms with Crippen molar-refractivity contribution in [2.75, 3.05) is 6.61 Å². The first-order valence-electron chi connectivity index (χ1n) is 6.74. The number of fused-ring (bicyclic) bond motifs is 1. The van der Waals surface area contributed by atoms with Gasteiger partial charge in [-0.1, -0.05) is 30.3 Å². The van der Waals surface area contributed by atoms with Gasteiger partial charge in [0, 0.05) is 18.2 Å². The molecule has 0 saturated heterocycles. The summed E-state index contributed by atoms with van der Waals surface area (Å²) in [6.07, 6.45) is 0. The molecule has 2 aromatic carbocycles. The lowest BCUT2D eigenvalue weighted by atomic mass is 10.0. The summed E-state index contributed by atoms with van der Waals surface area (Å²) in [5, 5.41) is 4.98. The Labute approximate surface area is 118 Å². The Balaban J connectivity index is 2.20. The van der Waals surface area contributed by atoms with Crippen molar-refractivity contribution in [2.24, 2.45) is 5.73 Å². The smallest absolute Gasteiger partial charge is 0.258 e. The third-order valence-electron chi connectivity index (χ3n) is 3.01. The van der Waals surface area contributed by atoms with E-state index in [1.165, 1.54) is 0 Å². The Morgan fingerprint density at radius 1 is 1.25 bits per heavy atom.